The Morgan fingerprint density at radius 3 is 2.50 bits per heavy atom. The Kier molecular flexibility index (Phi) is 8.21. The third-order valence-electron chi connectivity index (χ3n) is 8.04. The number of likely N-dealkylation sites (tertiary alicyclic amines) is 1. The van der Waals surface area contributed by atoms with Crippen LogP contribution in [0.4, 0.5) is 17.6 Å². The first kappa shape index (κ1) is 29.5. The number of alkyl halides is 3. The molecule has 0 unspecified atom stereocenters. The van der Waals surface area contributed by atoms with Crippen LogP contribution in [0.1, 0.15) is 66.1 Å². The number of nitrogens with zero attached hydrogens (tertiary/aromatic N) is 3. The molecule has 2 aromatic heterocycles. The van der Waals surface area contributed by atoms with E-state index in [1.807, 2.05) is 6.92 Å². The first-order valence-electron chi connectivity index (χ1n) is 14.0. The minimum atomic E-state index is -2.81. The van der Waals surface area contributed by atoms with Crippen LogP contribution in [-0.2, 0) is 22.6 Å². The number of hydrogen-bond acceptors (Lipinski definition) is 4. The highest BCUT2D eigenvalue weighted by atomic mass is 19.3. The predicted molar refractivity (Wildman–Crippen MR) is 147 cm³/mol. The third-order valence-corrected chi connectivity index (χ3v) is 8.04. The van der Waals surface area contributed by atoms with Crippen LogP contribution >= 0.6 is 0 Å². The van der Waals surface area contributed by atoms with E-state index in [-0.39, 0.29) is 36.2 Å². The van der Waals surface area contributed by atoms with Gasteiger partial charge in [-0.1, -0.05) is 36.4 Å². The zero-order valence-electron chi connectivity index (χ0n) is 23.3. The number of rotatable bonds is 8. The Labute approximate surface area is 240 Å². The van der Waals surface area contributed by atoms with Gasteiger partial charge in [0.25, 0.3) is 5.56 Å². The van der Waals surface area contributed by atoms with Crippen LogP contribution < -0.4 is 10.9 Å². The molecule has 1 aliphatic heterocycles. The van der Waals surface area contributed by atoms with Crippen LogP contribution in [0.2, 0.25) is 0 Å². The van der Waals surface area contributed by atoms with Gasteiger partial charge in [-0.2, -0.15) is 4.39 Å². The predicted octanol–water partition coefficient (Wildman–Crippen LogP) is 4.61. The molecule has 11 heteroatoms. The molecule has 1 aliphatic carbocycles. The lowest BCUT2D eigenvalue weighted by Gasteiger charge is -2.35. The summed E-state index contributed by atoms with van der Waals surface area (Å²) in [6.07, 6.45) is -1.04. The number of hydrogen-bond donors (Lipinski definition) is 1. The summed E-state index contributed by atoms with van der Waals surface area (Å²) in [6.45, 7) is 3.63. The fourth-order valence-electron chi connectivity index (χ4n) is 5.80. The van der Waals surface area contributed by atoms with Crippen molar-refractivity contribution in [2.45, 2.75) is 76.2 Å². The summed E-state index contributed by atoms with van der Waals surface area (Å²) in [4.78, 5) is 44.3. The fraction of sp³-hybridized carbons (Fsp3) is 0.419. The first-order chi connectivity index (χ1) is 20.0. The second-order valence-corrected chi connectivity index (χ2v) is 11.1. The van der Waals surface area contributed by atoms with E-state index in [9.17, 15) is 27.6 Å². The molecule has 2 aliphatic rings. The van der Waals surface area contributed by atoms with Gasteiger partial charge in [-0.3, -0.25) is 14.4 Å². The largest absolute Gasteiger partial charge is 0.342 e. The highest BCUT2D eigenvalue weighted by Crippen LogP contribution is 2.48. The summed E-state index contributed by atoms with van der Waals surface area (Å²) in [5, 5.41) is 2.82. The summed E-state index contributed by atoms with van der Waals surface area (Å²) in [5.74, 6) is -5.42. The van der Waals surface area contributed by atoms with Crippen molar-refractivity contribution >= 4 is 11.8 Å². The molecule has 1 saturated heterocycles. The lowest BCUT2D eigenvalue weighted by molar-refractivity contribution is -0.138. The molecular weight excluding hydrogens is 552 g/mol. The molecule has 3 heterocycles. The number of carbonyl (C=O) groups excluding carboxylic acids is 2. The van der Waals surface area contributed by atoms with Gasteiger partial charge in [-0.15, -0.1) is 0 Å². The summed E-state index contributed by atoms with van der Waals surface area (Å²) in [6, 6.07) is 11.1. The Morgan fingerprint density at radius 1 is 1.14 bits per heavy atom. The van der Waals surface area contributed by atoms with E-state index >= 15 is 4.39 Å². The van der Waals surface area contributed by atoms with Crippen molar-refractivity contribution in [1.29, 1.82) is 0 Å². The van der Waals surface area contributed by atoms with Crippen LogP contribution in [0.5, 0.6) is 0 Å². The van der Waals surface area contributed by atoms with Crippen molar-refractivity contribution in [3.63, 3.8) is 0 Å². The monoisotopic (exact) mass is 584 g/mol. The molecular formula is C31H32F4N4O3. The van der Waals surface area contributed by atoms with E-state index in [0.717, 1.165) is 0 Å². The quantitative estimate of drug-likeness (QED) is 0.310. The van der Waals surface area contributed by atoms with Crippen molar-refractivity contribution in [2.24, 2.45) is 0 Å². The number of nitrogens with one attached hydrogen (secondary N) is 1. The van der Waals surface area contributed by atoms with Gasteiger partial charge in [0.15, 0.2) is 0 Å². The Balaban J connectivity index is 1.37. The second-order valence-electron chi connectivity index (χ2n) is 11.1. The minimum absolute atomic E-state index is 0.0975. The average Bonchev–Trinajstić information content (AvgIpc) is 3.34. The van der Waals surface area contributed by atoms with Crippen molar-refractivity contribution in [3.8, 4) is 0 Å². The van der Waals surface area contributed by atoms with Crippen LogP contribution in [0.15, 0.2) is 59.5 Å². The smallest absolute Gasteiger partial charge is 0.253 e. The molecule has 0 bridgehead atoms. The molecule has 1 aromatic carbocycles. The molecule has 3 atom stereocenters. The normalized spacial score (nSPS) is 20.7. The van der Waals surface area contributed by atoms with E-state index < -0.39 is 60.7 Å². The Bertz CT molecular complexity index is 1540. The molecule has 0 radical (unpaired) electrons. The van der Waals surface area contributed by atoms with Crippen LogP contribution in [0.25, 0.3) is 0 Å². The number of aryl methyl sites for hydroxylation is 2. The number of benzene rings is 1. The summed E-state index contributed by atoms with van der Waals surface area (Å²) >= 11 is 0. The van der Waals surface area contributed by atoms with E-state index in [0.29, 0.717) is 23.2 Å². The number of amides is 2. The average molecular weight is 585 g/mol. The van der Waals surface area contributed by atoms with Gasteiger partial charge in [0.1, 0.15) is 12.2 Å². The van der Waals surface area contributed by atoms with Gasteiger partial charge in [0, 0.05) is 43.1 Å². The topological polar surface area (TPSA) is 84.3 Å². The van der Waals surface area contributed by atoms with Crippen molar-refractivity contribution in [1.82, 2.24) is 19.8 Å². The van der Waals surface area contributed by atoms with Gasteiger partial charge >= 0.3 is 0 Å². The van der Waals surface area contributed by atoms with E-state index in [1.165, 1.54) is 21.6 Å². The number of aromatic nitrogens is 2. The van der Waals surface area contributed by atoms with Gasteiger partial charge in [0.2, 0.25) is 23.7 Å². The molecule has 7 nitrogen and oxygen atoms in total. The van der Waals surface area contributed by atoms with E-state index in [2.05, 4.69) is 10.3 Å². The number of pyridine rings is 2. The van der Waals surface area contributed by atoms with E-state index in [1.54, 1.807) is 49.5 Å². The summed E-state index contributed by atoms with van der Waals surface area (Å²) in [7, 11) is 0. The van der Waals surface area contributed by atoms with E-state index in [4.69, 9.17) is 0 Å². The standard InChI is InChI=1S/C31H32F4N4O3/c1-3-38-16-19(11-18(2)30(38)42)12-26(40)39-17-22(32)13-25(39)29(41)37-27(20-7-5-4-6-8-20)24-10-9-23(28(33)36-24)21-14-31(34,35)15-21/h4-11,16,21-22,25,27H,3,12-15,17H2,1-2H3,(H,37,41)/t22-,25+,27+/m1/s1. The Hall–Kier alpha value is -4.02. The maximum Gasteiger partial charge on any atom is 0.253 e. The highest BCUT2D eigenvalue weighted by Gasteiger charge is 2.47. The molecule has 42 heavy (non-hydrogen) atoms. The second kappa shape index (κ2) is 11.7. The van der Waals surface area contributed by atoms with Crippen LogP contribution in [-0.4, -0.2) is 50.9 Å². The number of carbonyl (C=O) groups is 2. The zero-order chi connectivity index (χ0) is 30.2. The van der Waals surface area contributed by atoms with Crippen molar-refractivity contribution < 1.29 is 27.2 Å². The lowest BCUT2D eigenvalue weighted by atomic mass is 9.77. The molecule has 0 spiro atoms. The number of halogens is 4. The van der Waals surface area contributed by atoms with Gasteiger partial charge in [-0.05, 0) is 43.0 Å². The molecule has 2 amide bonds. The molecule has 2 fully saturated rings. The fourth-order valence-corrected chi connectivity index (χ4v) is 5.80. The molecule has 1 saturated carbocycles. The van der Waals surface area contributed by atoms with Gasteiger partial charge in [0.05, 0.1) is 24.7 Å². The molecule has 5 rings (SSSR count). The zero-order valence-corrected chi connectivity index (χ0v) is 23.3. The first-order valence-corrected chi connectivity index (χ1v) is 14.0. The Morgan fingerprint density at radius 2 is 1.86 bits per heavy atom. The minimum Gasteiger partial charge on any atom is -0.342 e. The maximum atomic E-state index is 15.0. The molecule has 3 aromatic rings. The van der Waals surface area contributed by atoms with Crippen molar-refractivity contribution in [3.05, 3.63) is 99.0 Å². The summed E-state index contributed by atoms with van der Waals surface area (Å²) in [5.41, 5.74) is 1.71. The van der Waals surface area contributed by atoms with Gasteiger partial charge in [-0.25, -0.2) is 18.2 Å². The maximum absolute atomic E-state index is 15.0. The van der Waals surface area contributed by atoms with Crippen molar-refractivity contribution in [2.75, 3.05) is 6.54 Å². The van der Waals surface area contributed by atoms with Gasteiger partial charge < -0.3 is 14.8 Å². The lowest BCUT2D eigenvalue weighted by Crippen LogP contribution is -2.47. The highest BCUT2D eigenvalue weighted by molar-refractivity contribution is 5.89. The SMILES string of the molecule is CCn1cc(CC(=O)N2C[C@H](F)C[C@H]2C(=O)N[C@@H](c2ccccc2)c2ccc(C3CC(F)(F)C3)c(F)n2)cc(C)c1=O. The van der Waals surface area contributed by atoms with Crippen LogP contribution in [0.3, 0.4) is 0 Å². The van der Waals surface area contributed by atoms with Crippen LogP contribution in [0, 0.1) is 12.9 Å². The molecule has 1 N–H and O–H groups in total. The summed E-state index contributed by atoms with van der Waals surface area (Å²) < 4.78 is 57.9. The third kappa shape index (κ3) is 6.10. The molecule has 222 valence electrons.